The predicted molar refractivity (Wildman–Crippen MR) is 98.1 cm³/mol. The lowest BCUT2D eigenvalue weighted by molar-refractivity contribution is -0.122. The van der Waals surface area contributed by atoms with Gasteiger partial charge in [0.05, 0.1) is 13.0 Å². The molecule has 1 aliphatic carbocycles. The number of H-pyrrole nitrogens is 1. The van der Waals surface area contributed by atoms with E-state index >= 15 is 0 Å². The van der Waals surface area contributed by atoms with Gasteiger partial charge in [-0.2, -0.15) is 0 Å². The van der Waals surface area contributed by atoms with Crippen LogP contribution in [0.3, 0.4) is 0 Å². The molecule has 128 valence electrons. The Labute approximate surface area is 150 Å². The van der Waals surface area contributed by atoms with E-state index in [-0.39, 0.29) is 17.6 Å². The minimum atomic E-state index is -0.289. The molecule has 2 aliphatic rings. The molecule has 1 aromatic heterocycles. The third-order valence-corrected chi connectivity index (χ3v) is 5.01. The Balaban J connectivity index is 1.94. The number of carbonyl (C=O) groups is 1. The highest BCUT2D eigenvalue weighted by Gasteiger charge is 2.41. The number of nitrogens with one attached hydrogen (secondary N) is 2. The number of carbonyl (C=O) groups excluding carboxylic acids is 1. The van der Waals surface area contributed by atoms with E-state index < -0.39 is 0 Å². The zero-order valence-electron chi connectivity index (χ0n) is 13.7. The summed E-state index contributed by atoms with van der Waals surface area (Å²) < 4.78 is 5.56. The quantitative estimate of drug-likeness (QED) is 0.718. The molecular formula is C18H18N4O2S. The molecule has 0 saturated heterocycles. The summed E-state index contributed by atoms with van der Waals surface area (Å²) in [7, 11) is 1.63. The van der Waals surface area contributed by atoms with Crippen molar-refractivity contribution in [3.63, 3.8) is 0 Å². The summed E-state index contributed by atoms with van der Waals surface area (Å²) in [6.07, 6.45) is 3.34. The fraction of sp³-hybridized carbons (Fsp3) is 0.278. The van der Waals surface area contributed by atoms with Gasteiger partial charge in [-0.1, -0.05) is 18.2 Å². The van der Waals surface area contributed by atoms with Gasteiger partial charge in [-0.05, 0) is 36.3 Å². The Morgan fingerprint density at radius 2 is 2.04 bits per heavy atom. The summed E-state index contributed by atoms with van der Waals surface area (Å²) in [4.78, 5) is 20.0. The number of nitrogens with zero attached hydrogens (tertiary/aromatic N) is 1. The van der Waals surface area contributed by atoms with E-state index in [0.29, 0.717) is 22.8 Å². The number of Topliss-reactive ketones (excluding diaryl/α,β-unsaturated/α-hetero) is 1. The van der Waals surface area contributed by atoms with Crippen LogP contribution in [0.15, 0.2) is 36.0 Å². The second-order valence-electron chi connectivity index (χ2n) is 6.24. The van der Waals surface area contributed by atoms with Crippen LogP contribution in [0.2, 0.25) is 0 Å². The fourth-order valence-electron chi connectivity index (χ4n) is 3.70. The van der Waals surface area contributed by atoms with Crippen LogP contribution in [0.5, 0.6) is 5.75 Å². The van der Waals surface area contributed by atoms with Crippen LogP contribution in [0, 0.1) is 10.7 Å². The van der Waals surface area contributed by atoms with E-state index in [9.17, 15) is 4.79 Å². The number of ether oxygens (including phenoxy) is 1. The van der Waals surface area contributed by atoms with Crippen molar-refractivity contribution in [2.75, 3.05) is 18.2 Å². The summed E-state index contributed by atoms with van der Waals surface area (Å²) in [5.41, 5.74) is 8.90. The Bertz CT molecular complexity index is 933. The molecule has 2 heterocycles. The van der Waals surface area contributed by atoms with Crippen LogP contribution in [0.4, 0.5) is 11.6 Å². The first-order valence-electron chi connectivity index (χ1n) is 8.12. The van der Waals surface area contributed by atoms with Crippen LogP contribution in [0.1, 0.15) is 29.9 Å². The summed E-state index contributed by atoms with van der Waals surface area (Å²) in [6.45, 7) is 0. The average molecular weight is 354 g/mol. The standard InChI is InChI=1S/C18H18N4O2S/c1-24-10-7-5-9(6-8-10)13-14-11(3-2-4-12(14)23)20-17-15(13)16(19)21-18(25)22-17/h3,5-8,13-14H,2,4H2,1H3,(H4,19,20,21,22,25). The molecule has 0 fully saturated rings. The maximum Gasteiger partial charge on any atom is 0.200 e. The maximum absolute atomic E-state index is 12.7. The normalized spacial score (nSPS) is 21.6. The molecule has 7 heteroatoms. The number of nitrogen functional groups attached to an aromatic ring is 1. The monoisotopic (exact) mass is 354 g/mol. The van der Waals surface area contributed by atoms with E-state index in [1.807, 2.05) is 24.3 Å². The lowest BCUT2D eigenvalue weighted by Gasteiger charge is -2.37. The second-order valence-corrected chi connectivity index (χ2v) is 6.62. The number of aromatic amines is 1. The highest BCUT2D eigenvalue weighted by molar-refractivity contribution is 7.71. The van der Waals surface area contributed by atoms with Crippen LogP contribution in [-0.2, 0) is 4.79 Å². The van der Waals surface area contributed by atoms with Gasteiger partial charge < -0.3 is 20.8 Å². The van der Waals surface area contributed by atoms with Gasteiger partial charge in [0.25, 0.3) is 0 Å². The zero-order valence-corrected chi connectivity index (χ0v) is 14.5. The Morgan fingerprint density at radius 1 is 1.28 bits per heavy atom. The average Bonchev–Trinajstić information content (AvgIpc) is 2.60. The van der Waals surface area contributed by atoms with Gasteiger partial charge in [-0.3, -0.25) is 4.79 Å². The number of methoxy groups -OCH3 is 1. The summed E-state index contributed by atoms with van der Waals surface area (Å²) in [5.74, 6) is 1.55. The number of aromatic nitrogens is 2. The van der Waals surface area contributed by atoms with Crippen molar-refractivity contribution in [1.82, 2.24) is 9.97 Å². The number of nitrogens with two attached hydrogens (primary N) is 1. The molecule has 1 aliphatic heterocycles. The van der Waals surface area contributed by atoms with Gasteiger partial charge >= 0.3 is 0 Å². The highest BCUT2D eigenvalue weighted by atomic mass is 32.1. The topological polar surface area (TPSA) is 93.0 Å². The van der Waals surface area contributed by atoms with Crippen molar-refractivity contribution in [3.8, 4) is 5.75 Å². The number of allylic oxidation sites excluding steroid dienone is 2. The van der Waals surface area contributed by atoms with Crippen LogP contribution in [0.25, 0.3) is 0 Å². The summed E-state index contributed by atoms with van der Waals surface area (Å²) in [6, 6.07) is 7.73. The molecule has 0 spiro atoms. The van der Waals surface area contributed by atoms with Crippen molar-refractivity contribution < 1.29 is 9.53 Å². The first-order chi connectivity index (χ1) is 12.1. The number of hydrogen-bond acceptors (Lipinski definition) is 6. The van der Waals surface area contributed by atoms with E-state index in [1.165, 1.54) is 0 Å². The van der Waals surface area contributed by atoms with Gasteiger partial charge in [0.15, 0.2) is 4.77 Å². The van der Waals surface area contributed by atoms with Gasteiger partial charge in [-0.25, -0.2) is 4.98 Å². The fourth-order valence-corrected chi connectivity index (χ4v) is 3.90. The Morgan fingerprint density at radius 3 is 2.76 bits per heavy atom. The number of fused-ring (bicyclic) bond motifs is 2. The van der Waals surface area contributed by atoms with Gasteiger partial charge in [0, 0.05) is 23.6 Å². The van der Waals surface area contributed by atoms with Crippen molar-refractivity contribution in [2.24, 2.45) is 5.92 Å². The Hall–Kier alpha value is -2.67. The van der Waals surface area contributed by atoms with Crippen molar-refractivity contribution in [1.29, 1.82) is 0 Å². The second kappa shape index (κ2) is 6.00. The Kier molecular flexibility index (Phi) is 3.80. The molecule has 0 radical (unpaired) electrons. The van der Waals surface area contributed by atoms with Crippen molar-refractivity contribution >= 4 is 29.6 Å². The molecule has 2 aromatic rings. The molecule has 1 aromatic carbocycles. The molecule has 4 N–H and O–H groups in total. The summed E-state index contributed by atoms with van der Waals surface area (Å²) in [5, 5.41) is 3.27. The van der Waals surface area contributed by atoms with Crippen LogP contribution in [-0.4, -0.2) is 22.9 Å². The molecule has 25 heavy (non-hydrogen) atoms. The molecule has 0 bridgehead atoms. The first-order valence-corrected chi connectivity index (χ1v) is 8.52. The third-order valence-electron chi connectivity index (χ3n) is 4.82. The van der Waals surface area contributed by atoms with Crippen LogP contribution < -0.4 is 15.8 Å². The largest absolute Gasteiger partial charge is 0.497 e. The van der Waals surface area contributed by atoms with Gasteiger partial charge in [0.2, 0.25) is 0 Å². The summed E-state index contributed by atoms with van der Waals surface area (Å²) >= 11 is 5.15. The van der Waals surface area contributed by atoms with Gasteiger partial charge in [0.1, 0.15) is 23.2 Å². The third kappa shape index (κ3) is 2.60. The zero-order chi connectivity index (χ0) is 17.6. The number of anilines is 2. The first kappa shape index (κ1) is 15.8. The van der Waals surface area contributed by atoms with Crippen LogP contribution >= 0.6 is 12.2 Å². The molecule has 6 nitrogen and oxygen atoms in total. The molecule has 2 unspecified atom stereocenters. The van der Waals surface area contributed by atoms with Crippen molar-refractivity contribution in [3.05, 3.63) is 51.9 Å². The predicted octanol–water partition coefficient (Wildman–Crippen LogP) is 3.15. The lowest BCUT2D eigenvalue weighted by atomic mass is 9.72. The van der Waals surface area contributed by atoms with E-state index in [1.54, 1.807) is 7.11 Å². The smallest absolute Gasteiger partial charge is 0.200 e. The SMILES string of the molecule is COc1ccc(C2c3c(nc(=S)[nH]c3N)NC3=CCCC(=O)C32)cc1. The molecule has 0 amide bonds. The minimum Gasteiger partial charge on any atom is -0.497 e. The van der Waals surface area contributed by atoms with E-state index in [2.05, 4.69) is 21.4 Å². The minimum absolute atomic E-state index is 0.207. The maximum atomic E-state index is 12.7. The lowest BCUT2D eigenvalue weighted by Crippen LogP contribution is -2.35. The highest BCUT2D eigenvalue weighted by Crippen LogP contribution is 2.47. The number of benzene rings is 1. The number of ketones is 1. The van der Waals surface area contributed by atoms with Crippen molar-refractivity contribution in [2.45, 2.75) is 18.8 Å². The van der Waals surface area contributed by atoms with E-state index in [4.69, 9.17) is 22.7 Å². The molecular weight excluding hydrogens is 336 g/mol. The van der Waals surface area contributed by atoms with Gasteiger partial charge in [-0.15, -0.1) is 0 Å². The molecule has 2 atom stereocenters. The van der Waals surface area contributed by atoms with E-state index in [0.717, 1.165) is 29.0 Å². The number of hydrogen-bond donors (Lipinski definition) is 3. The molecule has 0 saturated carbocycles. The molecule has 4 rings (SSSR count). The number of rotatable bonds is 2.